The van der Waals surface area contributed by atoms with Crippen molar-refractivity contribution in [3.8, 4) is 0 Å². The molecule has 0 bridgehead atoms. The largest absolute Gasteiger partial charge is 0.312 e. The fourth-order valence-corrected chi connectivity index (χ4v) is 5.34. The second kappa shape index (κ2) is 5.65. The van der Waals surface area contributed by atoms with Crippen molar-refractivity contribution in [2.75, 3.05) is 6.54 Å². The van der Waals surface area contributed by atoms with Gasteiger partial charge < -0.3 is 5.32 Å². The number of sulfone groups is 1. The van der Waals surface area contributed by atoms with Gasteiger partial charge in [0, 0.05) is 12.1 Å². The SMILES string of the molecule is CCNC1C(S(=O)(=O)c2ccc(F)cc2F)CCC1(C)C. The van der Waals surface area contributed by atoms with Crippen molar-refractivity contribution < 1.29 is 17.2 Å². The Hall–Kier alpha value is -1.01. The first-order chi connectivity index (χ1) is 9.70. The van der Waals surface area contributed by atoms with E-state index in [2.05, 4.69) is 5.32 Å². The summed E-state index contributed by atoms with van der Waals surface area (Å²) in [5.41, 5.74) is -0.176. The van der Waals surface area contributed by atoms with Crippen molar-refractivity contribution in [3.05, 3.63) is 29.8 Å². The summed E-state index contributed by atoms with van der Waals surface area (Å²) in [4.78, 5) is -0.408. The normalized spacial score (nSPS) is 25.2. The summed E-state index contributed by atoms with van der Waals surface area (Å²) in [7, 11) is -3.83. The first-order valence-corrected chi connectivity index (χ1v) is 8.67. The lowest BCUT2D eigenvalue weighted by molar-refractivity contribution is 0.288. The van der Waals surface area contributed by atoms with E-state index in [9.17, 15) is 17.2 Å². The van der Waals surface area contributed by atoms with Gasteiger partial charge in [-0.15, -0.1) is 0 Å². The Kier molecular flexibility index (Phi) is 4.40. The molecule has 1 aliphatic rings. The van der Waals surface area contributed by atoms with Crippen LogP contribution in [0.25, 0.3) is 0 Å². The molecule has 1 N–H and O–H groups in total. The average molecular weight is 317 g/mol. The summed E-state index contributed by atoms with van der Waals surface area (Å²) in [6.45, 7) is 6.58. The van der Waals surface area contributed by atoms with E-state index >= 15 is 0 Å². The van der Waals surface area contributed by atoms with E-state index in [-0.39, 0.29) is 11.5 Å². The Morgan fingerprint density at radius 3 is 2.57 bits per heavy atom. The van der Waals surface area contributed by atoms with E-state index in [1.54, 1.807) is 0 Å². The predicted octanol–water partition coefficient (Wildman–Crippen LogP) is 2.91. The molecule has 118 valence electrons. The molecule has 1 aromatic rings. The highest BCUT2D eigenvalue weighted by atomic mass is 32.2. The summed E-state index contributed by atoms with van der Waals surface area (Å²) in [5.74, 6) is -1.80. The maximum atomic E-state index is 13.9. The second-order valence-corrected chi connectivity index (χ2v) is 8.36. The first kappa shape index (κ1) is 16.4. The second-order valence-electron chi connectivity index (χ2n) is 6.22. The van der Waals surface area contributed by atoms with Crippen LogP contribution in [-0.4, -0.2) is 26.3 Å². The van der Waals surface area contributed by atoms with Gasteiger partial charge in [-0.1, -0.05) is 20.8 Å². The van der Waals surface area contributed by atoms with Crippen LogP contribution in [0.1, 0.15) is 33.6 Å². The number of benzene rings is 1. The van der Waals surface area contributed by atoms with Gasteiger partial charge in [0.2, 0.25) is 0 Å². The van der Waals surface area contributed by atoms with E-state index in [1.165, 1.54) is 0 Å². The van der Waals surface area contributed by atoms with Crippen LogP contribution in [0.15, 0.2) is 23.1 Å². The van der Waals surface area contributed by atoms with Gasteiger partial charge in [0.1, 0.15) is 16.5 Å². The molecule has 0 aromatic heterocycles. The molecule has 0 aliphatic heterocycles. The summed E-state index contributed by atoms with van der Waals surface area (Å²) >= 11 is 0. The van der Waals surface area contributed by atoms with Crippen LogP contribution in [0.2, 0.25) is 0 Å². The fraction of sp³-hybridized carbons (Fsp3) is 0.600. The highest BCUT2D eigenvalue weighted by Crippen LogP contribution is 2.42. The van der Waals surface area contributed by atoms with Crippen LogP contribution in [0.5, 0.6) is 0 Å². The van der Waals surface area contributed by atoms with E-state index in [4.69, 9.17) is 0 Å². The molecular weight excluding hydrogens is 296 g/mol. The van der Waals surface area contributed by atoms with Crippen molar-refractivity contribution >= 4 is 9.84 Å². The van der Waals surface area contributed by atoms with E-state index in [1.807, 2.05) is 20.8 Å². The lowest BCUT2D eigenvalue weighted by atomic mass is 9.87. The van der Waals surface area contributed by atoms with Crippen LogP contribution >= 0.6 is 0 Å². The lowest BCUT2D eigenvalue weighted by Gasteiger charge is -2.31. The Morgan fingerprint density at radius 1 is 1.33 bits per heavy atom. The van der Waals surface area contributed by atoms with Crippen LogP contribution in [0.4, 0.5) is 8.78 Å². The molecule has 1 fully saturated rings. The van der Waals surface area contributed by atoms with Crippen molar-refractivity contribution in [1.82, 2.24) is 5.32 Å². The quantitative estimate of drug-likeness (QED) is 0.869. The Morgan fingerprint density at radius 2 is 2.00 bits per heavy atom. The number of nitrogens with one attached hydrogen (secondary N) is 1. The summed E-state index contributed by atoms with van der Waals surface area (Å²) in [6, 6.07) is 2.39. The first-order valence-electron chi connectivity index (χ1n) is 7.12. The molecule has 2 unspecified atom stereocenters. The van der Waals surface area contributed by atoms with Gasteiger partial charge in [-0.05, 0) is 36.9 Å². The summed E-state index contributed by atoms with van der Waals surface area (Å²) in [5, 5.41) is 2.53. The van der Waals surface area contributed by atoms with Crippen molar-refractivity contribution in [2.24, 2.45) is 5.41 Å². The Labute approximate surface area is 124 Å². The molecule has 1 saturated carbocycles. The minimum atomic E-state index is -3.83. The molecule has 0 saturated heterocycles. The summed E-state index contributed by atoms with van der Waals surface area (Å²) < 4.78 is 52.3. The zero-order valence-electron chi connectivity index (χ0n) is 12.5. The third-order valence-corrected chi connectivity index (χ3v) is 6.56. The Balaban J connectivity index is 2.43. The molecule has 21 heavy (non-hydrogen) atoms. The lowest BCUT2D eigenvalue weighted by Crippen LogP contribution is -2.47. The maximum Gasteiger partial charge on any atom is 0.185 e. The molecule has 1 aromatic carbocycles. The van der Waals surface area contributed by atoms with Gasteiger partial charge in [-0.25, -0.2) is 17.2 Å². The minimum Gasteiger partial charge on any atom is -0.312 e. The fourth-order valence-electron chi connectivity index (χ4n) is 3.17. The average Bonchev–Trinajstić information content (AvgIpc) is 2.66. The van der Waals surface area contributed by atoms with Gasteiger partial charge >= 0.3 is 0 Å². The Bertz CT molecular complexity index is 629. The standard InChI is InChI=1S/C15H21F2NO2S/c1-4-18-14-13(7-8-15(14,2)3)21(19,20)12-6-5-10(16)9-11(12)17/h5-6,9,13-14,18H,4,7-8H2,1-3H3. The van der Waals surface area contributed by atoms with Crippen LogP contribution < -0.4 is 5.32 Å². The predicted molar refractivity (Wildman–Crippen MR) is 77.8 cm³/mol. The molecule has 3 nitrogen and oxygen atoms in total. The number of rotatable bonds is 4. The topological polar surface area (TPSA) is 46.2 Å². The van der Waals surface area contributed by atoms with Gasteiger partial charge in [-0.2, -0.15) is 0 Å². The van der Waals surface area contributed by atoms with E-state index in [0.29, 0.717) is 19.0 Å². The minimum absolute atomic E-state index is 0.176. The molecule has 6 heteroatoms. The van der Waals surface area contributed by atoms with Crippen LogP contribution in [-0.2, 0) is 9.84 Å². The third-order valence-electron chi connectivity index (χ3n) is 4.31. The number of hydrogen-bond acceptors (Lipinski definition) is 3. The molecule has 1 aliphatic carbocycles. The van der Waals surface area contributed by atoms with Gasteiger partial charge in [0.15, 0.2) is 9.84 Å². The monoisotopic (exact) mass is 317 g/mol. The zero-order valence-corrected chi connectivity index (χ0v) is 13.3. The highest BCUT2D eigenvalue weighted by Gasteiger charge is 2.48. The van der Waals surface area contributed by atoms with Crippen LogP contribution in [0, 0.1) is 17.0 Å². The zero-order chi connectivity index (χ0) is 15.8. The van der Waals surface area contributed by atoms with E-state index < -0.39 is 31.6 Å². The molecule has 0 radical (unpaired) electrons. The third kappa shape index (κ3) is 2.97. The molecule has 0 amide bonds. The van der Waals surface area contributed by atoms with Crippen molar-refractivity contribution in [2.45, 2.75) is 49.8 Å². The molecule has 0 heterocycles. The van der Waals surface area contributed by atoms with Crippen molar-refractivity contribution in [3.63, 3.8) is 0 Å². The number of hydrogen-bond donors (Lipinski definition) is 1. The maximum absolute atomic E-state index is 13.9. The molecular formula is C15H21F2NO2S. The number of halogens is 2. The summed E-state index contributed by atoms with van der Waals surface area (Å²) in [6.07, 6.45) is 1.22. The van der Waals surface area contributed by atoms with E-state index in [0.717, 1.165) is 18.6 Å². The smallest absolute Gasteiger partial charge is 0.185 e. The van der Waals surface area contributed by atoms with Gasteiger partial charge in [-0.3, -0.25) is 0 Å². The van der Waals surface area contributed by atoms with Gasteiger partial charge in [0.05, 0.1) is 5.25 Å². The van der Waals surface area contributed by atoms with Gasteiger partial charge in [0.25, 0.3) is 0 Å². The molecule has 2 rings (SSSR count). The molecule has 0 spiro atoms. The molecule has 2 atom stereocenters. The highest BCUT2D eigenvalue weighted by molar-refractivity contribution is 7.92. The van der Waals surface area contributed by atoms with Crippen molar-refractivity contribution in [1.29, 1.82) is 0 Å². The van der Waals surface area contributed by atoms with Crippen LogP contribution in [0.3, 0.4) is 0 Å².